The van der Waals surface area contributed by atoms with Crippen LogP contribution >= 0.6 is 0 Å². The highest BCUT2D eigenvalue weighted by atomic mass is 19.1. The molecule has 2 rings (SSSR count). The van der Waals surface area contributed by atoms with E-state index < -0.39 is 17.7 Å². The quantitative estimate of drug-likeness (QED) is 0.844. The lowest BCUT2D eigenvalue weighted by Gasteiger charge is -2.41. The number of ether oxygens (including phenoxy) is 1. The summed E-state index contributed by atoms with van der Waals surface area (Å²) in [5.41, 5.74) is -0.00853. The molecule has 22 heavy (non-hydrogen) atoms. The van der Waals surface area contributed by atoms with Crippen LogP contribution in [-0.2, 0) is 9.53 Å². The zero-order chi connectivity index (χ0) is 16.5. The van der Waals surface area contributed by atoms with Crippen LogP contribution in [0.4, 0.5) is 14.9 Å². The molecule has 1 unspecified atom stereocenters. The maximum absolute atomic E-state index is 12.9. The van der Waals surface area contributed by atoms with E-state index in [0.717, 1.165) is 0 Å². The number of anilines is 1. The van der Waals surface area contributed by atoms with Crippen molar-refractivity contribution in [2.45, 2.75) is 38.8 Å². The molecule has 1 saturated heterocycles. The molecule has 2 amide bonds. The van der Waals surface area contributed by atoms with Crippen LogP contribution in [-0.4, -0.2) is 42.1 Å². The van der Waals surface area contributed by atoms with Crippen molar-refractivity contribution in [3.63, 3.8) is 0 Å². The number of hydrogen-bond acceptors (Lipinski definition) is 3. The summed E-state index contributed by atoms with van der Waals surface area (Å²) in [5.74, 6) is -0.563. The molecular formula is C16H21FN2O3. The van der Waals surface area contributed by atoms with E-state index in [1.165, 1.54) is 34.1 Å². The number of carbonyl (C=O) groups is 2. The van der Waals surface area contributed by atoms with Gasteiger partial charge in [0.1, 0.15) is 17.5 Å². The van der Waals surface area contributed by atoms with Crippen LogP contribution in [0.2, 0.25) is 0 Å². The predicted molar refractivity (Wildman–Crippen MR) is 81.2 cm³/mol. The number of likely N-dealkylation sites (tertiary alicyclic amines) is 1. The predicted octanol–water partition coefficient (Wildman–Crippen LogP) is 2.80. The first-order chi connectivity index (χ1) is 10.2. The molecule has 0 aromatic heterocycles. The summed E-state index contributed by atoms with van der Waals surface area (Å²) < 4.78 is 18.2. The summed E-state index contributed by atoms with van der Waals surface area (Å²) in [6.07, 6.45) is 0.119. The molecule has 5 nitrogen and oxygen atoms in total. The van der Waals surface area contributed by atoms with Crippen molar-refractivity contribution in [1.82, 2.24) is 4.90 Å². The van der Waals surface area contributed by atoms with Gasteiger partial charge in [0.15, 0.2) is 0 Å². The molecule has 1 aromatic rings. The summed E-state index contributed by atoms with van der Waals surface area (Å²) in [4.78, 5) is 27.4. The van der Waals surface area contributed by atoms with Crippen molar-refractivity contribution in [3.05, 3.63) is 30.1 Å². The van der Waals surface area contributed by atoms with Gasteiger partial charge in [0.25, 0.3) is 0 Å². The van der Waals surface area contributed by atoms with E-state index in [2.05, 4.69) is 0 Å². The number of rotatable bonds is 2. The molecule has 0 bridgehead atoms. The maximum Gasteiger partial charge on any atom is 0.410 e. The van der Waals surface area contributed by atoms with Gasteiger partial charge in [-0.3, -0.25) is 9.69 Å². The van der Waals surface area contributed by atoms with Gasteiger partial charge in [-0.05, 0) is 51.5 Å². The summed E-state index contributed by atoms with van der Waals surface area (Å²) in [5, 5.41) is 0. The molecule has 1 aliphatic rings. The SMILES string of the molecule is CN(C(=O)C1CCN1C(=O)OC(C)(C)C)c1ccc(F)cc1. The van der Waals surface area contributed by atoms with Gasteiger partial charge >= 0.3 is 6.09 Å². The number of halogens is 1. The Hall–Kier alpha value is -2.11. The van der Waals surface area contributed by atoms with Gasteiger partial charge in [-0.15, -0.1) is 0 Å². The van der Waals surface area contributed by atoms with Crippen molar-refractivity contribution in [1.29, 1.82) is 0 Å². The zero-order valence-electron chi connectivity index (χ0n) is 13.3. The first-order valence-electron chi connectivity index (χ1n) is 7.22. The fourth-order valence-electron chi connectivity index (χ4n) is 2.20. The fourth-order valence-corrected chi connectivity index (χ4v) is 2.20. The summed E-state index contributed by atoms with van der Waals surface area (Å²) >= 11 is 0. The van der Waals surface area contributed by atoms with Gasteiger partial charge in [-0.25, -0.2) is 9.18 Å². The van der Waals surface area contributed by atoms with Crippen molar-refractivity contribution < 1.29 is 18.7 Å². The van der Waals surface area contributed by atoms with Gasteiger partial charge in [0.2, 0.25) is 5.91 Å². The maximum atomic E-state index is 12.9. The Morgan fingerprint density at radius 2 is 1.86 bits per heavy atom. The number of nitrogens with zero attached hydrogens (tertiary/aromatic N) is 2. The molecule has 0 N–H and O–H groups in total. The monoisotopic (exact) mass is 308 g/mol. The minimum atomic E-state index is -0.594. The minimum absolute atomic E-state index is 0.205. The average molecular weight is 308 g/mol. The lowest BCUT2D eigenvalue weighted by Crippen LogP contribution is -2.59. The molecule has 1 aliphatic heterocycles. The summed E-state index contributed by atoms with van der Waals surface area (Å²) in [6, 6.07) is 5.13. The molecule has 0 saturated carbocycles. The highest BCUT2D eigenvalue weighted by Crippen LogP contribution is 2.24. The molecule has 6 heteroatoms. The van der Waals surface area contributed by atoms with E-state index in [1.54, 1.807) is 27.8 Å². The number of hydrogen-bond donors (Lipinski definition) is 0. The molecule has 1 fully saturated rings. The number of benzene rings is 1. The van der Waals surface area contributed by atoms with Crippen molar-refractivity contribution in [2.75, 3.05) is 18.5 Å². The van der Waals surface area contributed by atoms with Crippen LogP contribution in [0.3, 0.4) is 0 Å². The van der Waals surface area contributed by atoms with E-state index in [4.69, 9.17) is 4.74 Å². The van der Waals surface area contributed by atoms with Gasteiger partial charge < -0.3 is 9.64 Å². The van der Waals surface area contributed by atoms with Crippen molar-refractivity contribution >= 4 is 17.7 Å². The smallest absolute Gasteiger partial charge is 0.410 e. The van der Waals surface area contributed by atoms with Gasteiger partial charge in [0, 0.05) is 19.3 Å². The number of likely N-dealkylation sites (N-methyl/N-ethyl adjacent to an activating group) is 1. The Balaban J connectivity index is 2.03. The third-order valence-electron chi connectivity index (χ3n) is 3.48. The topological polar surface area (TPSA) is 49.9 Å². The second-order valence-electron chi connectivity index (χ2n) is 6.35. The van der Waals surface area contributed by atoms with Crippen LogP contribution < -0.4 is 4.90 Å². The van der Waals surface area contributed by atoms with E-state index in [0.29, 0.717) is 18.7 Å². The Bertz CT molecular complexity index is 566. The first kappa shape index (κ1) is 16.3. The Kier molecular flexibility index (Phi) is 4.39. The van der Waals surface area contributed by atoms with Crippen molar-refractivity contribution in [3.8, 4) is 0 Å². The van der Waals surface area contributed by atoms with Gasteiger partial charge in [0.05, 0.1) is 0 Å². The van der Waals surface area contributed by atoms with Crippen LogP contribution in [0.5, 0.6) is 0 Å². The molecule has 1 aromatic carbocycles. The summed E-state index contributed by atoms with van der Waals surface area (Å²) in [7, 11) is 1.61. The van der Waals surface area contributed by atoms with Crippen molar-refractivity contribution in [2.24, 2.45) is 0 Å². The molecule has 1 heterocycles. The van der Waals surface area contributed by atoms with E-state index in [9.17, 15) is 14.0 Å². The normalized spacial score (nSPS) is 17.7. The largest absolute Gasteiger partial charge is 0.444 e. The zero-order valence-corrected chi connectivity index (χ0v) is 13.3. The lowest BCUT2D eigenvalue weighted by atomic mass is 10.0. The Morgan fingerprint density at radius 3 is 2.32 bits per heavy atom. The average Bonchev–Trinajstić information content (AvgIpc) is 2.35. The third kappa shape index (κ3) is 3.55. The van der Waals surface area contributed by atoms with E-state index in [1.807, 2.05) is 0 Å². The molecule has 1 atom stereocenters. The van der Waals surface area contributed by atoms with Crippen LogP contribution in [0, 0.1) is 5.82 Å². The first-order valence-corrected chi connectivity index (χ1v) is 7.22. The molecule has 0 radical (unpaired) electrons. The van der Waals surface area contributed by atoms with Gasteiger partial charge in [-0.1, -0.05) is 0 Å². The highest BCUT2D eigenvalue weighted by Gasteiger charge is 2.41. The standard InChI is InChI=1S/C16H21FN2O3/c1-16(2,3)22-15(21)19-10-9-13(19)14(20)18(4)12-7-5-11(17)6-8-12/h5-8,13H,9-10H2,1-4H3. The lowest BCUT2D eigenvalue weighted by molar-refractivity contribution is -0.127. The van der Waals surface area contributed by atoms with Gasteiger partial charge in [-0.2, -0.15) is 0 Å². The molecule has 0 spiro atoms. The van der Waals surface area contributed by atoms with E-state index in [-0.39, 0.29) is 11.7 Å². The Labute approximate surface area is 129 Å². The van der Waals surface area contributed by atoms with E-state index >= 15 is 0 Å². The van der Waals surface area contributed by atoms with Crippen LogP contribution in [0.25, 0.3) is 0 Å². The number of carbonyl (C=O) groups excluding carboxylic acids is 2. The van der Waals surface area contributed by atoms with Crippen LogP contribution in [0.15, 0.2) is 24.3 Å². The highest BCUT2D eigenvalue weighted by molar-refractivity contribution is 5.99. The van der Waals surface area contributed by atoms with Crippen LogP contribution in [0.1, 0.15) is 27.2 Å². The molecular weight excluding hydrogens is 287 g/mol. The summed E-state index contributed by atoms with van der Waals surface area (Å²) in [6.45, 7) is 5.85. The fraction of sp³-hybridized carbons (Fsp3) is 0.500. The Morgan fingerprint density at radius 1 is 1.27 bits per heavy atom. The molecule has 0 aliphatic carbocycles. The third-order valence-corrected chi connectivity index (χ3v) is 3.48. The minimum Gasteiger partial charge on any atom is -0.444 e. The second kappa shape index (κ2) is 5.94. The molecule has 120 valence electrons. The second-order valence-corrected chi connectivity index (χ2v) is 6.35. The number of amides is 2.